The standard InChI is InChI=1S/C14H13NO3/c1-10-2-4-11(5-3-10)15-14(17)13-7-6-12(18-13)8-9-16/h2-7,9H,8H2,1H3,(H,15,17). The fraction of sp³-hybridized carbons (Fsp3) is 0.143. The summed E-state index contributed by atoms with van der Waals surface area (Å²) in [5.41, 5.74) is 1.83. The van der Waals surface area contributed by atoms with Crippen LogP contribution in [0.2, 0.25) is 0 Å². The van der Waals surface area contributed by atoms with E-state index in [2.05, 4.69) is 5.32 Å². The second-order valence-corrected chi connectivity index (χ2v) is 3.96. The van der Waals surface area contributed by atoms with Gasteiger partial charge in [0, 0.05) is 5.69 Å². The van der Waals surface area contributed by atoms with Gasteiger partial charge in [0.15, 0.2) is 5.76 Å². The van der Waals surface area contributed by atoms with Crippen LogP contribution in [0.4, 0.5) is 5.69 Å². The summed E-state index contributed by atoms with van der Waals surface area (Å²) < 4.78 is 5.24. The molecule has 4 heteroatoms. The molecule has 1 N–H and O–H groups in total. The number of benzene rings is 1. The van der Waals surface area contributed by atoms with Crippen molar-refractivity contribution in [3.63, 3.8) is 0 Å². The molecule has 92 valence electrons. The smallest absolute Gasteiger partial charge is 0.291 e. The van der Waals surface area contributed by atoms with Gasteiger partial charge < -0.3 is 14.5 Å². The molecule has 2 aromatic rings. The van der Waals surface area contributed by atoms with E-state index in [1.54, 1.807) is 12.1 Å². The SMILES string of the molecule is Cc1ccc(NC(=O)c2ccc(CC=O)o2)cc1. The summed E-state index contributed by atoms with van der Waals surface area (Å²) in [5.74, 6) is 0.363. The molecule has 1 amide bonds. The van der Waals surface area contributed by atoms with Crippen LogP contribution >= 0.6 is 0 Å². The highest BCUT2D eigenvalue weighted by Gasteiger charge is 2.11. The van der Waals surface area contributed by atoms with Gasteiger partial charge >= 0.3 is 0 Å². The van der Waals surface area contributed by atoms with Crippen molar-refractivity contribution in [1.29, 1.82) is 0 Å². The zero-order valence-electron chi connectivity index (χ0n) is 9.97. The normalized spacial score (nSPS) is 10.1. The molecule has 0 bridgehead atoms. The summed E-state index contributed by atoms with van der Waals surface area (Å²) in [6.07, 6.45) is 0.915. The molecule has 0 fully saturated rings. The van der Waals surface area contributed by atoms with Crippen molar-refractivity contribution < 1.29 is 14.0 Å². The fourth-order valence-electron chi connectivity index (χ4n) is 1.52. The van der Waals surface area contributed by atoms with Gasteiger partial charge in [0.1, 0.15) is 12.0 Å². The van der Waals surface area contributed by atoms with E-state index >= 15 is 0 Å². The molecule has 0 atom stereocenters. The molecule has 0 aliphatic heterocycles. The molecule has 1 heterocycles. The number of hydrogen-bond acceptors (Lipinski definition) is 3. The predicted octanol–water partition coefficient (Wildman–Crippen LogP) is 2.58. The molecular formula is C14H13NO3. The Labute approximate surface area is 105 Å². The lowest BCUT2D eigenvalue weighted by molar-refractivity contribution is -0.107. The summed E-state index contributed by atoms with van der Waals surface area (Å²) >= 11 is 0. The third kappa shape index (κ3) is 2.85. The first-order valence-electron chi connectivity index (χ1n) is 5.59. The summed E-state index contributed by atoms with van der Waals surface area (Å²) in [5, 5.41) is 2.72. The summed E-state index contributed by atoms with van der Waals surface area (Å²) in [6, 6.07) is 10.6. The molecule has 0 aliphatic rings. The summed E-state index contributed by atoms with van der Waals surface area (Å²) in [4.78, 5) is 22.1. The number of aldehydes is 1. The first-order chi connectivity index (χ1) is 8.69. The van der Waals surface area contributed by atoms with Gasteiger partial charge in [-0.1, -0.05) is 17.7 Å². The van der Waals surface area contributed by atoms with E-state index in [0.29, 0.717) is 11.4 Å². The van der Waals surface area contributed by atoms with Crippen molar-refractivity contribution >= 4 is 17.9 Å². The number of rotatable bonds is 4. The highest BCUT2D eigenvalue weighted by Crippen LogP contribution is 2.13. The van der Waals surface area contributed by atoms with E-state index in [4.69, 9.17) is 4.42 Å². The van der Waals surface area contributed by atoms with Crippen molar-refractivity contribution in [3.05, 3.63) is 53.5 Å². The lowest BCUT2D eigenvalue weighted by atomic mass is 10.2. The van der Waals surface area contributed by atoms with Gasteiger partial charge in [-0.25, -0.2) is 0 Å². The van der Waals surface area contributed by atoms with Crippen molar-refractivity contribution in [1.82, 2.24) is 0 Å². The zero-order chi connectivity index (χ0) is 13.0. The van der Waals surface area contributed by atoms with Crippen molar-refractivity contribution in [3.8, 4) is 0 Å². The Kier molecular flexibility index (Phi) is 3.57. The van der Waals surface area contributed by atoms with E-state index < -0.39 is 0 Å². The lowest BCUT2D eigenvalue weighted by Gasteiger charge is -2.03. The van der Waals surface area contributed by atoms with Gasteiger partial charge in [-0.3, -0.25) is 4.79 Å². The first-order valence-corrected chi connectivity index (χ1v) is 5.59. The Hall–Kier alpha value is -2.36. The molecule has 0 spiro atoms. The van der Waals surface area contributed by atoms with E-state index in [0.717, 1.165) is 11.8 Å². The number of carbonyl (C=O) groups is 2. The molecule has 0 unspecified atom stereocenters. The largest absolute Gasteiger partial charge is 0.455 e. The molecular weight excluding hydrogens is 230 g/mol. The van der Waals surface area contributed by atoms with Crippen LogP contribution in [0.25, 0.3) is 0 Å². The van der Waals surface area contributed by atoms with Gasteiger partial charge in [-0.2, -0.15) is 0 Å². The maximum absolute atomic E-state index is 11.8. The van der Waals surface area contributed by atoms with Crippen LogP contribution in [0.5, 0.6) is 0 Å². The van der Waals surface area contributed by atoms with Crippen LogP contribution in [0.3, 0.4) is 0 Å². The highest BCUT2D eigenvalue weighted by molar-refractivity contribution is 6.02. The third-order valence-electron chi connectivity index (χ3n) is 2.48. The van der Waals surface area contributed by atoms with Gasteiger partial charge in [0.05, 0.1) is 6.42 Å². The minimum Gasteiger partial charge on any atom is -0.455 e. The number of furan rings is 1. The van der Waals surface area contributed by atoms with Gasteiger partial charge in [-0.05, 0) is 31.2 Å². The van der Waals surface area contributed by atoms with Gasteiger partial charge in [0.2, 0.25) is 0 Å². The predicted molar refractivity (Wildman–Crippen MR) is 67.6 cm³/mol. The first kappa shape index (κ1) is 12.1. The second-order valence-electron chi connectivity index (χ2n) is 3.96. The van der Waals surface area contributed by atoms with E-state index in [1.165, 1.54) is 0 Å². The molecule has 0 radical (unpaired) electrons. The maximum Gasteiger partial charge on any atom is 0.291 e. The Morgan fingerprint density at radius 1 is 1.22 bits per heavy atom. The second kappa shape index (κ2) is 5.31. The number of aryl methyl sites for hydroxylation is 1. The van der Waals surface area contributed by atoms with Crippen molar-refractivity contribution in [2.45, 2.75) is 13.3 Å². The quantitative estimate of drug-likeness (QED) is 0.839. The average molecular weight is 243 g/mol. The highest BCUT2D eigenvalue weighted by atomic mass is 16.4. The Morgan fingerprint density at radius 2 is 1.94 bits per heavy atom. The van der Waals surface area contributed by atoms with Crippen LogP contribution in [0, 0.1) is 6.92 Å². The summed E-state index contributed by atoms with van der Waals surface area (Å²) in [7, 11) is 0. The lowest BCUT2D eigenvalue weighted by Crippen LogP contribution is -2.10. The van der Waals surface area contributed by atoms with Crippen LogP contribution in [-0.4, -0.2) is 12.2 Å². The monoisotopic (exact) mass is 243 g/mol. The molecule has 0 saturated carbocycles. The molecule has 18 heavy (non-hydrogen) atoms. The molecule has 0 aliphatic carbocycles. The van der Waals surface area contributed by atoms with Crippen LogP contribution in [0.1, 0.15) is 21.9 Å². The Bertz CT molecular complexity index is 555. The van der Waals surface area contributed by atoms with Gasteiger partial charge in [0.25, 0.3) is 5.91 Å². The number of carbonyl (C=O) groups excluding carboxylic acids is 2. The van der Waals surface area contributed by atoms with Crippen LogP contribution in [-0.2, 0) is 11.2 Å². The Morgan fingerprint density at radius 3 is 2.61 bits per heavy atom. The summed E-state index contributed by atoms with van der Waals surface area (Å²) in [6.45, 7) is 1.98. The molecule has 1 aromatic heterocycles. The van der Waals surface area contributed by atoms with Crippen molar-refractivity contribution in [2.75, 3.05) is 5.32 Å². The van der Waals surface area contributed by atoms with E-state index in [9.17, 15) is 9.59 Å². The number of amides is 1. The maximum atomic E-state index is 11.8. The van der Waals surface area contributed by atoms with Gasteiger partial charge in [-0.15, -0.1) is 0 Å². The topological polar surface area (TPSA) is 59.3 Å². The number of anilines is 1. The van der Waals surface area contributed by atoms with Crippen molar-refractivity contribution in [2.24, 2.45) is 0 Å². The van der Waals surface area contributed by atoms with Crippen LogP contribution in [0.15, 0.2) is 40.8 Å². The molecule has 1 aromatic carbocycles. The van der Waals surface area contributed by atoms with Crippen LogP contribution < -0.4 is 5.32 Å². The molecule has 2 rings (SSSR count). The fourth-order valence-corrected chi connectivity index (χ4v) is 1.52. The zero-order valence-corrected chi connectivity index (χ0v) is 9.97. The van der Waals surface area contributed by atoms with E-state index in [1.807, 2.05) is 31.2 Å². The minimum atomic E-state index is -0.323. The minimum absolute atomic E-state index is 0.178. The molecule has 4 nitrogen and oxygen atoms in total. The average Bonchev–Trinajstić information content (AvgIpc) is 2.81. The third-order valence-corrected chi connectivity index (χ3v) is 2.48. The Balaban J connectivity index is 2.06. The molecule has 0 saturated heterocycles. The number of nitrogens with one attached hydrogen (secondary N) is 1. The van der Waals surface area contributed by atoms with E-state index in [-0.39, 0.29) is 18.1 Å². The number of hydrogen-bond donors (Lipinski definition) is 1.